The number of carbonyl (C=O) groups excluding carboxylic acids is 2. The molecule has 0 aromatic heterocycles. The molecule has 146 valence electrons. The van der Waals surface area contributed by atoms with Gasteiger partial charge in [-0.2, -0.15) is 0 Å². The third-order valence-corrected chi connectivity index (χ3v) is 4.82. The summed E-state index contributed by atoms with van der Waals surface area (Å²) in [7, 11) is 3.44. The second kappa shape index (κ2) is 10.6. The van der Waals surface area contributed by atoms with Gasteiger partial charge in [0.1, 0.15) is 0 Å². The lowest BCUT2D eigenvalue weighted by atomic mass is 10.1. The molecule has 0 saturated heterocycles. The van der Waals surface area contributed by atoms with Crippen LogP contribution in [0.2, 0.25) is 0 Å². The van der Waals surface area contributed by atoms with Crippen LogP contribution >= 0.6 is 11.8 Å². The lowest BCUT2D eigenvalue weighted by molar-refractivity contribution is -0.120. The summed E-state index contributed by atoms with van der Waals surface area (Å²) in [6, 6.07) is 15.2. The number of thioether (sulfide) groups is 1. The van der Waals surface area contributed by atoms with Gasteiger partial charge >= 0.3 is 0 Å². The monoisotopic (exact) mass is 394 g/mol. The molecule has 28 heavy (non-hydrogen) atoms. The van der Waals surface area contributed by atoms with Crippen LogP contribution in [0.15, 0.2) is 53.4 Å². The lowest BCUT2D eigenvalue weighted by Crippen LogP contribution is -2.25. The van der Waals surface area contributed by atoms with Crippen LogP contribution in [0.5, 0.6) is 0 Å². The molecule has 0 saturated carbocycles. The summed E-state index contributed by atoms with van der Waals surface area (Å²) in [6.45, 7) is 4.61. The zero-order valence-corrected chi connectivity index (χ0v) is 17.6. The quantitative estimate of drug-likeness (QED) is 0.602. The topological polar surface area (TPSA) is 49.4 Å². The molecule has 0 aliphatic heterocycles. The smallest absolute Gasteiger partial charge is 0.253 e. The largest absolute Gasteiger partial charge is 0.345 e. The van der Waals surface area contributed by atoms with Crippen LogP contribution in [0.1, 0.15) is 35.3 Å². The Balaban J connectivity index is 1.80. The van der Waals surface area contributed by atoms with Crippen molar-refractivity contribution in [1.29, 1.82) is 0 Å². The minimum atomic E-state index is -0.0505. The fraction of sp³-hybridized carbons (Fsp3) is 0.304. The first-order valence-electron chi connectivity index (χ1n) is 9.18. The van der Waals surface area contributed by atoms with Gasteiger partial charge in [-0.15, -0.1) is 11.8 Å². The minimum absolute atomic E-state index is 0.0393. The van der Waals surface area contributed by atoms with E-state index in [-0.39, 0.29) is 11.8 Å². The zero-order chi connectivity index (χ0) is 20.5. The normalized spacial score (nSPS) is 10.2. The number of nitrogens with zero attached hydrogens (tertiary/aromatic N) is 1. The van der Waals surface area contributed by atoms with Crippen LogP contribution in [0.25, 0.3) is 0 Å². The SMILES string of the molecule is CC(C)Sc1ccc(CC(=O)NCC#Cc2ccc(C(=O)N(C)C)cc2)cc1. The van der Waals surface area contributed by atoms with Gasteiger partial charge in [-0.3, -0.25) is 9.59 Å². The third-order valence-electron chi connectivity index (χ3n) is 3.80. The Morgan fingerprint density at radius 3 is 2.25 bits per heavy atom. The number of benzene rings is 2. The van der Waals surface area contributed by atoms with Crippen molar-refractivity contribution in [2.24, 2.45) is 0 Å². The molecule has 0 bridgehead atoms. The van der Waals surface area contributed by atoms with E-state index in [1.54, 1.807) is 38.0 Å². The van der Waals surface area contributed by atoms with Crippen molar-refractivity contribution in [3.63, 3.8) is 0 Å². The molecule has 0 spiro atoms. The number of hydrogen-bond donors (Lipinski definition) is 1. The summed E-state index contributed by atoms with van der Waals surface area (Å²) in [5.41, 5.74) is 2.42. The maximum atomic E-state index is 12.0. The van der Waals surface area contributed by atoms with Gasteiger partial charge in [0.05, 0.1) is 13.0 Å². The van der Waals surface area contributed by atoms with Crippen molar-refractivity contribution in [1.82, 2.24) is 10.2 Å². The summed E-state index contributed by atoms with van der Waals surface area (Å²) < 4.78 is 0. The van der Waals surface area contributed by atoms with E-state index in [0.717, 1.165) is 11.1 Å². The molecule has 2 amide bonds. The molecule has 2 rings (SSSR count). The summed E-state index contributed by atoms with van der Waals surface area (Å²) >= 11 is 1.80. The minimum Gasteiger partial charge on any atom is -0.345 e. The average molecular weight is 395 g/mol. The van der Waals surface area contributed by atoms with Crippen molar-refractivity contribution in [2.75, 3.05) is 20.6 Å². The van der Waals surface area contributed by atoms with Gasteiger partial charge in [0.2, 0.25) is 5.91 Å². The molecule has 0 aliphatic carbocycles. The van der Waals surface area contributed by atoms with E-state index in [0.29, 0.717) is 23.8 Å². The van der Waals surface area contributed by atoms with Crippen molar-refractivity contribution in [2.45, 2.75) is 30.4 Å². The standard InChI is InChI=1S/C23H26N2O2S/c1-17(2)28-21-13-9-19(10-14-21)16-22(26)24-15-5-6-18-7-11-20(12-8-18)23(27)25(3)4/h7-14,17H,15-16H2,1-4H3,(H,24,26). The Morgan fingerprint density at radius 1 is 1.04 bits per heavy atom. The fourth-order valence-corrected chi connectivity index (χ4v) is 3.29. The molecule has 1 N–H and O–H groups in total. The predicted octanol–water partition coefficient (Wildman–Crippen LogP) is 3.60. The summed E-state index contributed by atoms with van der Waals surface area (Å²) in [5.74, 6) is 5.84. The van der Waals surface area contributed by atoms with E-state index in [1.165, 1.54) is 9.80 Å². The zero-order valence-electron chi connectivity index (χ0n) is 16.8. The van der Waals surface area contributed by atoms with Crippen molar-refractivity contribution in [3.8, 4) is 11.8 Å². The van der Waals surface area contributed by atoms with E-state index in [9.17, 15) is 9.59 Å². The van der Waals surface area contributed by atoms with Gasteiger partial charge in [0.15, 0.2) is 0 Å². The Kier molecular flexibility index (Phi) is 8.16. The predicted molar refractivity (Wildman–Crippen MR) is 115 cm³/mol. The number of amides is 2. The Bertz CT molecular complexity index is 860. The van der Waals surface area contributed by atoms with Gasteiger partial charge in [0.25, 0.3) is 5.91 Å². The highest BCUT2D eigenvalue weighted by molar-refractivity contribution is 7.99. The van der Waals surface area contributed by atoms with Gasteiger partial charge < -0.3 is 10.2 Å². The Labute approximate surface area is 171 Å². The molecule has 2 aromatic rings. The van der Waals surface area contributed by atoms with Crippen LogP contribution in [0.4, 0.5) is 0 Å². The van der Waals surface area contributed by atoms with E-state index in [2.05, 4.69) is 43.1 Å². The van der Waals surface area contributed by atoms with Gasteiger partial charge in [0, 0.05) is 35.4 Å². The number of carbonyl (C=O) groups is 2. The molecule has 5 heteroatoms. The van der Waals surface area contributed by atoms with Gasteiger partial charge in [-0.05, 0) is 42.0 Å². The first-order valence-corrected chi connectivity index (χ1v) is 10.1. The highest BCUT2D eigenvalue weighted by Crippen LogP contribution is 2.22. The molecule has 0 atom stereocenters. The number of rotatable bonds is 6. The second-order valence-electron chi connectivity index (χ2n) is 6.84. The van der Waals surface area contributed by atoms with E-state index in [4.69, 9.17) is 0 Å². The van der Waals surface area contributed by atoms with Gasteiger partial charge in [-0.1, -0.05) is 37.8 Å². The lowest BCUT2D eigenvalue weighted by Gasteiger charge is -2.09. The molecule has 2 aromatic carbocycles. The van der Waals surface area contributed by atoms with E-state index in [1.807, 2.05) is 24.3 Å². The summed E-state index contributed by atoms with van der Waals surface area (Å²) in [6.07, 6.45) is 0.343. The highest BCUT2D eigenvalue weighted by atomic mass is 32.2. The molecular weight excluding hydrogens is 368 g/mol. The molecule has 0 heterocycles. The molecule has 0 aliphatic rings. The van der Waals surface area contributed by atoms with Crippen LogP contribution < -0.4 is 5.32 Å². The summed E-state index contributed by atoms with van der Waals surface area (Å²) in [5, 5.41) is 3.35. The van der Waals surface area contributed by atoms with Crippen LogP contribution in [0.3, 0.4) is 0 Å². The van der Waals surface area contributed by atoms with Crippen molar-refractivity contribution in [3.05, 3.63) is 65.2 Å². The van der Waals surface area contributed by atoms with E-state index < -0.39 is 0 Å². The van der Waals surface area contributed by atoms with Gasteiger partial charge in [-0.25, -0.2) is 0 Å². The maximum absolute atomic E-state index is 12.0. The molecule has 0 unspecified atom stereocenters. The van der Waals surface area contributed by atoms with E-state index >= 15 is 0 Å². The first kappa shape index (κ1) is 21.6. The highest BCUT2D eigenvalue weighted by Gasteiger charge is 2.06. The first-order chi connectivity index (χ1) is 13.3. The fourth-order valence-electron chi connectivity index (χ4n) is 2.45. The second-order valence-corrected chi connectivity index (χ2v) is 8.49. The average Bonchev–Trinajstić information content (AvgIpc) is 2.66. The Morgan fingerprint density at radius 2 is 1.68 bits per heavy atom. The molecule has 4 nitrogen and oxygen atoms in total. The van der Waals surface area contributed by atoms with Crippen LogP contribution in [-0.4, -0.2) is 42.6 Å². The third kappa shape index (κ3) is 7.13. The maximum Gasteiger partial charge on any atom is 0.253 e. The summed E-state index contributed by atoms with van der Waals surface area (Å²) in [4.78, 5) is 26.6. The van der Waals surface area contributed by atoms with Crippen LogP contribution in [-0.2, 0) is 11.2 Å². The molecular formula is C23H26N2O2S. The Hall–Kier alpha value is -2.71. The molecule has 0 radical (unpaired) electrons. The van der Waals surface area contributed by atoms with Crippen molar-refractivity contribution >= 4 is 23.6 Å². The number of hydrogen-bond acceptors (Lipinski definition) is 3. The van der Waals surface area contributed by atoms with Crippen LogP contribution in [0, 0.1) is 11.8 Å². The van der Waals surface area contributed by atoms with Crippen molar-refractivity contribution < 1.29 is 9.59 Å². The number of nitrogens with one attached hydrogen (secondary N) is 1. The molecule has 0 fully saturated rings.